The van der Waals surface area contributed by atoms with Gasteiger partial charge in [0.15, 0.2) is 0 Å². The van der Waals surface area contributed by atoms with E-state index in [-0.39, 0.29) is 5.38 Å². The van der Waals surface area contributed by atoms with Crippen molar-refractivity contribution < 1.29 is 0 Å². The molecule has 2 heteroatoms. The summed E-state index contributed by atoms with van der Waals surface area (Å²) in [5, 5.41) is 0.0763. The lowest BCUT2D eigenvalue weighted by molar-refractivity contribution is 0.830. The summed E-state index contributed by atoms with van der Waals surface area (Å²) in [6.45, 7) is 7.98. The zero-order valence-electron chi connectivity index (χ0n) is 6.48. The minimum Gasteiger partial charge on any atom is -0.290 e. The Morgan fingerprint density at radius 2 is 1.78 bits per heavy atom. The second kappa shape index (κ2) is 3.89. The molecule has 0 amide bonds. The average molecular weight is 148 g/mol. The van der Waals surface area contributed by atoms with Gasteiger partial charge in [0, 0.05) is 11.8 Å². The molecule has 0 fully saturated rings. The first kappa shape index (κ1) is 8.96. The van der Waals surface area contributed by atoms with Crippen molar-refractivity contribution in [1.82, 2.24) is 0 Å². The Labute approximate surface area is 62.1 Å². The maximum atomic E-state index is 5.74. The highest BCUT2D eigenvalue weighted by molar-refractivity contribution is 6.31. The maximum Gasteiger partial charge on any atom is 0.0683 e. The summed E-state index contributed by atoms with van der Waals surface area (Å²) >= 11 is 5.74. The SMILES string of the molecule is CC(=NC(C)C)[C@@H](C)Cl. The summed E-state index contributed by atoms with van der Waals surface area (Å²) in [7, 11) is 0. The fourth-order valence-corrected chi connectivity index (χ4v) is 0.566. The van der Waals surface area contributed by atoms with Gasteiger partial charge in [-0.3, -0.25) is 4.99 Å². The molecule has 1 nitrogen and oxygen atoms in total. The Kier molecular flexibility index (Phi) is 3.87. The molecule has 0 aliphatic carbocycles. The first-order valence-electron chi connectivity index (χ1n) is 3.22. The van der Waals surface area contributed by atoms with E-state index in [0.717, 1.165) is 5.71 Å². The molecular weight excluding hydrogens is 134 g/mol. The van der Waals surface area contributed by atoms with Crippen LogP contribution < -0.4 is 0 Å². The molecule has 0 saturated carbocycles. The maximum absolute atomic E-state index is 5.74. The molecule has 0 unspecified atom stereocenters. The monoisotopic (exact) mass is 147 g/mol. The van der Waals surface area contributed by atoms with Crippen LogP contribution in [0.5, 0.6) is 0 Å². The van der Waals surface area contributed by atoms with Crippen LogP contribution >= 0.6 is 11.6 Å². The van der Waals surface area contributed by atoms with E-state index in [4.69, 9.17) is 11.6 Å². The summed E-state index contributed by atoms with van der Waals surface area (Å²) in [4.78, 5) is 4.26. The van der Waals surface area contributed by atoms with Gasteiger partial charge in [0.1, 0.15) is 0 Å². The van der Waals surface area contributed by atoms with Crippen molar-refractivity contribution in [2.75, 3.05) is 0 Å². The standard InChI is InChI=1S/C7H14ClN/c1-5(2)9-7(4)6(3)8/h5-6H,1-4H3/t6-/m1/s1. The van der Waals surface area contributed by atoms with E-state index in [1.54, 1.807) is 0 Å². The largest absolute Gasteiger partial charge is 0.290 e. The van der Waals surface area contributed by atoms with Gasteiger partial charge >= 0.3 is 0 Å². The van der Waals surface area contributed by atoms with Crippen LogP contribution in [0.15, 0.2) is 4.99 Å². The number of aliphatic imine (C=N–C) groups is 1. The van der Waals surface area contributed by atoms with Gasteiger partial charge < -0.3 is 0 Å². The molecule has 0 aromatic carbocycles. The van der Waals surface area contributed by atoms with Crippen LogP contribution in [-0.2, 0) is 0 Å². The molecule has 0 aromatic rings. The molecule has 0 aliphatic heterocycles. The second-order valence-corrected chi connectivity index (χ2v) is 3.13. The number of nitrogens with zero attached hydrogens (tertiary/aromatic N) is 1. The minimum absolute atomic E-state index is 0.0763. The molecule has 0 heterocycles. The highest BCUT2D eigenvalue weighted by Gasteiger charge is 1.99. The molecule has 9 heavy (non-hydrogen) atoms. The van der Waals surface area contributed by atoms with Gasteiger partial charge in [0.05, 0.1) is 5.38 Å². The molecule has 0 rings (SSSR count). The zero-order valence-corrected chi connectivity index (χ0v) is 7.24. The van der Waals surface area contributed by atoms with Gasteiger partial charge in [-0.15, -0.1) is 11.6 Å². The number of alkyl halides is 1. The van der Waals surface area contributed by atoms with E-state index in [1.165, 1.54) is 0 Å². The molecule has 0 N–H and O–H groups in total. The van der Waals surface area contributed by atoms with E-state index in [2.05, 4.69) is 4.99 Å². The fourth-order valence-electron chi connectivity index (χ4n) is 0.510. The predicted molar refractivity (Wildman–Crippen MR) is 43.6 cm³/mol. The highest BCUT2D eigenvalue weighted by atomic mass is 35.5. The highest BCUT2D eigenvalue weighted by Crippen LogP contribution is 1.99. The van der Waals surface area contributed by atoms with E-state index < -0.39 is 0 Å². The predicted octanol–water partition coefficient (Wildman–Crippen LogP) is 2.48. The molecule has 1 atom stereocenters. The fraction of sp³-hybridized carbons (Fsp3) is 0.857. The summed E-state index contributed by atoms with van der Waals surface area (Å²) in [6, 6.07) is 0.367. The third kappa shape index (κ3) is 4.46. The van der Waals surface area contributed by atoms with Crippen LogP contribution in [0.1, 0.15) is 27.7 Å². The van der Waals surface area contributed by atoms with Crippen LogP contribution in [0.25, 0.3) is 0 Å². The van der Waals surface area contributed by atoms with Crippen molar-refractivity contribution in [1.29, 1.82) is 0 Å². The molecule has 0 aliphatic rings. The number of rotatable bonds is 2. The smallest absolute Gasteiger partial charge is 0.0683 e. The lowest BCUT2D eigenvalue weighted by Crippen LogP contribution is -2.08. The molecule has 0 radical (unpaired) electrons. The Balaban J connectivity index is 3.84. The lowest BCUT2D eigenvalue weighted by Gasteiger charge is -2.03. The van der Waals surface area contributed by atoms with Gasteiger partial charge in [0.2, 0.25) is 0 Å². The average Bonchev–Trinajstić information content (AvgIpc) is 1.63. The Hall–Kier alpha value is -0.0400. The van der Waals surface area contributed by atoms with Gasteiger partial charge in [-0.25, -0.2) is 0 Å². The summed E-state index contributed by atoms with van der Waals surface area (Å²) in [6.07, 6.45) is 0. The van der Waals surface area contributed by atoms with Gasteiger partial charge in [-0.1, -0.05) is 0 Å². The summed E-state index contributed by atoms with van der Waals surface area (Å²) < 4.78 is 0. The number of hydrogen-bond acceptors (Lipinski definition) is 1. The number of hydrogen-bond donors (Lipinski definition) is 0. The molecule has 0 spiro atoms. The quantitative estimate of drug-likeness (QED) is 0.421. The molecule has 0 aromatic heterocycles. The van der Waals surface area contributed by atoms with Gasteiger partial charge in [-0.05, 0) is 27.7 Å². The van der Waals surface area contributed by atoms with Crippen molar-refractivity contribution in [3.05, 3.63) is 0 Å². The number of halogens is 1. The third-order valence-electron chi connectivity index (χ3n) is 1.04. The van der Waals surface area contributed by atoms with E-state index in [9.17, 15) is 0 Å². The Morgan fingerprint density at radius 1 is 1.33 bits per heavy atom. The second-order valence-electron chi connectivity index (χ2n) is 2.48. The molecular formula is C7H14ClN. The normalized spacial score (nSPS) is 16.4. The topological polar surface area (TPSA) is 12.4 Å². The van der Waals surface area contributed by atoms with Crippen LogP contribution in [0.3, 0.4) is 0 Å². The summed E-state index contributed by atoms with van der Waals surface area (Å²) in [5.74, 6) is 0. The summed E-state index contributed by atoms with van der Waals surface area (Å²) in [5.41, 5.74) is 1.02. The van der Waals surface area contributed by atoms with Crippen molar-refractivity contribution in [2.45, 2.75) is 39.1 Å². The lowest BCUT2D eigenvalue weighted by atomic mass is 10.3. The Morgan fingerprint density at radius 3 is 1.89 bits per heavy atom. The first-order chi connectivity index (χ1) is 4.04. The van der Waals surface area contributed by atoms with Crippen LogP contribution in [-0.4, -0.2) is 17.1 Å². The van der Waals surface area contributed by atoms with Crippen LogP contribution in [0, 0.1) is 0 Å². The van der Waals surface area contributed by atoms with Gasteiger partial charge in [-0.2, -0.15) is 0 Å². The van der Waals surface area contributed by atoms with Crippen molar-refractivity contribution in [3.63, 3.8) is 0 Å². The van der Waals surface area contributed by atoms with Crippen molar-refractivity contribution in [2.24, 2.45) is 4.99 Å². The van der Waals surface area contributed by atoms with Crippen LogP contribution in [0.4, 0.5) is 0 Å². The molecule has 54 valence electrons. The van der Waals surface area contributed by atoms with Crippen LogP contribution in [0.2, 0.25) is 0 Å². The third-order valence-corrected chi connectivity index (χ3v) is 1.35. The molecule has 0 saturated heterocycles. The Bertz CT molecular complexity index is 105. The van der Waals surface area contributed by atoms with E-state index >= 15 is 0 Å². The van der Waals surface area contributed by atoms with Crippen molar-refractivity contribution >= 4 is 17.3 Å². The van der Waals surface area contributed by atoms with Crippen molar-refractivity contribution in [3.8, 4) is 0 Å². The van der Waals surface area contributed by atoms with Gasteiger partial charge in [0.25, 0.3) is 0 Å². The van der Waals surface area contributed by atoms with E-state index in [0.29, 0.717) is 6.04 Å². The first-order valence-corrected chi connectivity index (χ1v) is 3.66. The molecule has 0 bridgehead atoms. The van der Waals surface area contributed by atoms with E-state index in [1.807, 2.05) is 27.7 Å². The zero-order chi connectivity index (χ0) is 7.44. The minimum atomic E-state index is 0.0763.